The quantitative estimate of drug-likeness (QED) is 0.693. The summed E-state index contributed by atoms with van der Waals surface area (Å²) >= 11 is 0. The summed E-state index contributed by atoms with van der Waals surface area (Å²) in [5.74, 6) is 0.180. The molecule has 0 aliphatic rings. The fourth-order valence-corrected chi connectivity index (χ4v) is 2.46. The summed E-state index contributed by atoms with van der Waals surface area (Å²) in [6.45, 7) is -0.634. The van der Waals surface area contributed by atoms with Gasteiger partial charge in [0.1, 0.15) is 5.75 Å². The van der Waals surface area contributed by atoms with E-state index in [9.17, 15) is 8.78 Å². The molecule has 132 valence electrons. The van der Waals surface area contributed by atoms with E-state index in [1.807, 2.05) is 12.1 Å². The highest BCUT2D eigenvalue weighted by atomic mass is 19.3. The molecule has 0 unspecified atom stereocenters. The van der Waals surface area contributed by atoms with Gasteiger partial charge in [-0.25, -0.2) is 0 Å². The largest absolute Gasteiger partial charge is 0.434 e. The van der Waals surface area contributed by atoms with E-state index in [-0.39, 0.29) is 5.75 Å². The molecule has 2 aromatic rings. The third-order valence-electron chi connectivity index (χ3n) is 3.68. The summed E-state index contributed by atoms with van der Waals surface area (Å²) in [5.41, 5.74) is 2.32. The van der Waals surface area contributed by atoms with Crippen molar-refractivity contribution < 1.29 is 18.3 Å². The molecule has 25 heavy (non-hydrogen) atoms. The molecule has 0 aliphatic carbocycles. The highest BCUT2D eigenvalue weighted by Crippen LogP contribution is 2.22. The van der Waals surface area contributed by atoms with E-state index < -0.39 is 6.61 Å². The minimum absolute atomic E-state index is 0.180. The van der Waals surface area contributed by atoms with E-state index in [0.717, 1.165) is 5.56 Å². The van der Waals surface area contributed by atoms with E-state index in [0.29, 0.717) is 37.4 Å². The van der Waals surface area contributed by atoms with Crippen molar-refractivity contribution in [2.45, 2.75) is 19.7 Å². The van der Waals surface area contributed by atoms with Crippen molar-refractivity contribution in [3.63, 3.8) is 0 Å². The van der Waals surface area contributed by atoms with E-state index in [1.165, 1.54) is 6.07 Å². The van der Waals surface area contributed by atoms with E-state index in [1.54, 1.807) is 37.4 Å². The van der Waals surface area contributed by atoms with Crippen LogP contribution in [-0.4, -0.2) is 31.8 Å². The highest BCUT2D eigenvalue weighted by molar-refractivity contribution is 5.34. The first-order valence-corrected chi connectivity index (χ1v) is 7.85. The second-order valence-electron chi connectivity index (χ2n) is 5.50. The number of nitriles is 1. The number of para-hydroxylation sites is 1. The predicted molar refractivity (Wildman–Crippen MR) is 90.2 cm³/mol. The second kappa shape index (κ2) is 9.72. The van der Waals surface area contributed by atoms with Crippen molar-refractivity contribution in [2.24, 2.45) is 0 Å². The van der Waals surface area contributed by atoms with Gasteiger partial charge in [0, 0.05) is 32.3 Å². The number of alkyl halides is 2. The first kappa shape index (κ1) is 18.8. The number of rotatable bonds is 9. The van der Waals surface area contributed by atoms with Crippen LogP contribution in [0.3, 0.4) is 0 Å². The van der Waals surface area contributed by atoms with Crippen LogP contribution in [0.25, 0.3) is 0 Å². The first-order valence-electron chi connectivity index (χ1n) is 7.85. The van der Waals surface area contributed by atoms with Crippen molar-refractivity contribution in [3.05, 3.63) is 65.2 Å². The SMILES string of the molecule is COCCN(Cc1ccc(C#N)cc1)Cc1ccccc1OC(F)F. The lowest BCUT2D eigenvalue weighted by Gasteiger charge is -2.23. The number of benzene rings is 2. The van der Waals surface area contributed by atoms with Gasteiger partial charge < -0.3 is 9.47 Å². The monoisotopic (exact) mass is 346 g/mol. The normalized spacial score (nSPS) is 10.9. The average Bonchev–Trinajstić information content (AvgIpc) is 2.61. The van der Waals surface area contributed by atoms with Crippen molar-refractivity contribution in [3.8, 4) is 11.8 Å². The van der Waals surface area contributed by atoms with Crippen LogP contribution >= 0.6 is 0 Å². The number of methoxy groups -OCH3 is 1. The molecule has 0 spiro atoms. The standard InChI is InChI=1S/C19H20F2N2O2/c1-24-11-10-23(13-16-8-6-15(12-22)7-9-16)14-17-4-2-3-5-18(17)25-19(20)21/h2-9,19H,10-11,13-14H2,1H3. The Morgan fingerprint density at radius 1 is 1.08 bits per heavy atom. The van der Waals surface area contributed by atoms with Crippen LogP contribution in [0.1, 0.15) is 16.7 Å². The molecule has 0 N–H and O–H groups in total. The lowest BCUT2D eigenvalue weighted by molar-refractivity contribution is -0.0508. The Morgan fingerprint density at radius 3 is 2.44 bits per heavy atom. The molecule has 0 heterocycles. The van der Waals surface area contributed by atoms with Crippen molar-refractivity contribution in [2.75, 3.05) is 20.3 Å². The third-order valence-corrected chi connectivity index (χ3v) is 3.68. The lowest BCUT2D eigenvalue weighted by Crippen LogP contribution is -2.27. The Bertz CT molecular complexity index is 699. The number of hydrogen-bond acceptors (Lipinski definition) is 4. The van der Waals surface area contributed by atoms with E-state index in [2.05, 4.69) is 15.7 Å². The molecule has 4 nitrogen and oxygen atoms in total. The highest BCUT2D eigenvalue weighted by Gasteiger charge is 2.13. The molecular formula is C19H20F2N2O2. The van der Waals surface area contributed by atoms with Crippen LogP contribution in [0.5, 0.6) is 5.75 Å². The zero-order valence-corrected chi connectivity index (χ0v) is 14.0. The third kappa shape index (κ3) is 6.14. The summed E-state index contributed by atoms with van der Waals surface area (Å²) in [6.07, 6.45) is 0. The van der Waals surface area contributed by atoms with Crippen LogP contribution in [-0.2, 0) is 17.8 Å². The van der Waals surface area contributed by atoms with Gasteiger partial charge in [-0.3, -0.25) is 4.90 Å². The molecule has 0 amide bonds. The minimum Gasteiger partial charge on any atom is -0.434 e. The van der Waals surface area contributed by atoms with E-state index >= 15 is 0 Å². The van der Waals surface area contributed by atoms with Crippen LogP contribution < -0.4 is 4.74 Å². The lowest BCUT2D eigenvalue weighted by atomic mass is 10.1. The predicted octanol–water partition coefficient (Wildman–Crippen LogP) is 3.81. The molecule has 0 atom stereocenters. The number of ether oxygens (including phenoxy) is 2. The Kier molecular flexibility index (Phi) is 7.33. The molecule has 0 radical (unpaired) electrons. The summed E-state index contributed by atoms with van der Waals surface area (Å²) in [6, 6.07) is 16.2. The van der Waals surface area contributed by atoms with Gasteiger partial charge in [-0.1, -0.05) is 30.3 Å². The minimum atomic E-state index is -2.85. The molecule has 0 fully saturated rings. The Balaban J connectivity index is 2.13. The smallest absolute Gasteiger partial charge is 0.387 e. The number of hydrogen-bond donors (Lipinski definition) is 0. The summed E-state index contributed by atoms with van der Waals surface area (Å²) in [7, 11) is 1.62. The maximum Gasteiger partial charge on any atom is 0.387 e. The average molecular weight is 346 g/mol. The van der Waals surface area contributed by atoms with Crippen LogP contribution in [0, 0.1) is 11.3 Å². The molecule has 2 aromatic carbocycles. The molecule has 2 rings (SSSR count). The molecule has 0 saturated heterocycles. The number of nitrogens with zero attached hydrogens (tertiary/aromatic N) is 2. The molecule has 0 saturated carbocycles. The van der Waals surface area contributed by atoms with Gasteiger partial charge in [-0.05, 0) is 23.8 Å². The maximum absolute atomic E-state index is 12.6. The van der Waals surface area contributed by atoms with Gasteiger partial charge in [0.05, 0.1) is 18.2 Å². The fraction of sp³-hybridized carbons (Fsp3) is 0.316. The van der Waals surface area contributed by atoms with Crippen molar-refractivity contribution in [1.29, 1.82) is 5.26 Å². The van der Waals surface area contributed by atoms with Crippen LogP contribution in [0.15, 0.2) is 48.5 Å². The maximum atomic E-state index is 12.6. The van der Waals surface area contributed by atoms with Crippen molar-refractivity contribution in [1.82, 2.24) is 4.90 Å². The second-order valence-corrected chi connectivity index (χ2v) is 5.50. The van der Waals surface area contributed by atoms with Gasteiger partial charge in [0.25, 0.3) is 0 Å². The van der Waals surface area contributed by atoms with Gasteiger partial charge in [-0.2, -0.15) is 14.0 Å². The molecule has 0 bridgehead atoms. The summed E-state index contributed by atoms with van der Waals surface area (Å²) < 4.78 is 34.9. The Morgan fingerprint density at radius 2 is 1.80 bits per heavy atom. The summed E-state index contributed by atoms with van der Waals surface area (Å²) in [5, 5.41) is 8.87. The Hall–Kier alpha value is -2.49. The van der Waals surface area contributed by atoms with Crippen LogP contribution in [0.4, 0.5) is 8.78 Å². The molecular weight excluding hydrogens is 326 g/mol. The Labute approximate surface area is 146 Å². The van der Waals surface area contributed by atoms with Gasteiger partial charge in [0.15, 0.2) is 0 Å². The zero-order valence-electron chi connectivity index (χ0n) is 14.0. The van der Waals surface area contributed by atoms with Gasteiger partial charge in [-0.15, -0.1) is 0 Å². The van der Waals surface area contributed by atoms with E-state index in [4.69, 9.17) is 10.00 Å². The van der Waals surface area contributed by atoms with Crippen molar-refractivity contribution >= 4 is 0 Å². The number of halogens is 2. The molecule has 0 aromatic heterocycles. The zero-order chi connectivity index (χ0) is 18.1. The first-order chi connectivity index (χ1) is 12.1. The van der Waals surface area contributed by atoms with Crippen LogP contribution in [0.2, 0.25) is 0 Å². The molecule has 0 aliphatic heterocycles. The van der Waals surface area contributed by atoms with Gasteiger partial charge >= 0.3 is 6.61 Å². The van der Waals surface area contributed by atoms with Gasteiger partial charge in [0.2, 0.25) is 0 Å². The topological polar surface area (TPSA) is 45.5 Å². The fourth-order valence-electron chi connectivity index (χ4n) is 2.46. The molecule has 6 heteroatoms. The summed E-state index contributed by atoms with van der Waals surface area (Å²) in [4.78, 5) is 2.08.